The molecule has 1 aromatic carbocycles. The zero-order valence-electron chi connectivity index (χ0n) is 13.2. The van der Waals surface area contributed by atoms with E-state index >= 15 is 0 Å². The Morgan fingerprint density at radius 1 is 1.23 bits per heavy atom. The smallest absolute Gasteiger partial charge is 0.252 e. The molecular formula is C17H23NO4. The van der Waals surface area contributed by atoms with Gasteiger partial charge in [0.15, 0.2) is 11.5 Å². The van der Waals surface area contributed by atoms with Crippen LogP contribution < -0.4 is 9.47 Å². The highest BCUT2D eigenvalue weighted by molar-refractivity contribution is 5.81. The van der Waals surface area contributed by atoms with Crippen LogP contribution >= 0.6 is 0 Å². The first-order chi connectivity index (χ1) is 10.6. The molecule has 5 heteroatoms. The highest BCUT2D eigenvalue weighted by Crippen LogP contribution is 2.31. The molecule has 0 bridgehead atoms. The number of fused-ring (bicyclic) bond motifs is 1. The summed E-state index contributed by atoms with van der Waals surface area (Å²) in [6, 6.07) is 6.00. The highest BCUT2D eigenvalue weighted by atomic mass is 16.6. The quantitative estimate of drug-likeness (QED) is 0.857. The normalized spacial score (nSPS) is 20.2. The lowest BCUT2D eigenvalue weighted by Gasteiger charge is -2.29. The van der Waals surface area contributed by atoms with Gasteiger partial charge in [0.05, 0.1) is 0 Å². The van der Waals surface area contributed by atoms with Gasteiger partial charge in [-0.05, 0) is 44.4 Å². The fraction of sp³-hybridized carbons (Fsp3) is 0.588. The lowest BCUT2D eigenvalue weighted by atomic mass is 10.1. The summed E-state index contributed by atoms with van der Waals surface area (Å²) in [7, 11) is 0. The van der Waals surface area contributed by atoms with E-state index in [9.17, 15) is 4.79 Å². The topological polar surface area (TPSA) is 48.0 Å². The van der Waals surface area contributed by atoms with Crippen molar-refractivity contribution in [3.63, 3.8) is 0 Å². The average Bonchev–Trinajstić information content (AvgIpc) is 3.06. The molecule has 22 heavy (non-hydrogen) atoms. The zero-order chi connectivity index (χ0) is 15.5. The summed E-state index contributed by atoms with van der Waals surface area (Å²) in [6.45, 7) is 6.47. The molecule has 1 saturated heterocycles. The number of rotatable bonds is 4. The maximum absolute atomic E-state index is 12.6. The second-order valence-electron chi connectivity index (χ2n) is 6.04. The summed E-state index contributed by atoms with van der Waals surface area (Å²) < 4.78 is 16.7. The van der Waals surface area contributed by atoms with Gasteiger partial charge in [-0.3, -0.25) is 4.79 Å². The molecule has 1 aromatic rings. The first kappa shape index (κ1) is 15.2. The molecular weight excluding hydrogens is 282 g/mol. The van der Waals surface area contributed by atoms with Gasteiger partial charge in [0, 0.05) is 19.2 Å². The first-order valence-electron chi connectivity index (χ1n) is 7.96. The van der Waals surface area contributed by atoms with Crippen LogP contribution in [0.4, 0.5) is 0 Å². The van der Waals surface area contributed by atoms with E-state index in [0.29, 0.717) is 26.4 Å². The Hall–Kier alpha value is -1.75. The van der Waals surface area contributed by atoms with Gasteiger partial charge in [-0.25, -0.2) is 0 Å². The molecule has 3 rings (SSSR count). The molecule has 0 spiro atoms. The third kappa shape index (κ3) is 3.19. The van der Waals surface area contributed by atoms with Crippen LogP contribution in [0.25, 0.3) is 0 Å². The maximum Gasteiger partial charge on any atom is 0.252 e. The summed E-state index contributed by atoms with van der Waals surface area (Å²) >= 11 is 0. The molecule has 0 N–H and O–H groups in total. The van der Waals surface area contributed by atoms with Crippen LogP contribution in [0.5, 0.6) is 11.5 Å². The van der Waals surface area contributed by atoms with Crippen LogP contribution in [0.3, 0.4) is 0 Å². The number of hydrogen-bond acceptors (Lipinski definition) is 4. The van der Waals surface area contributed by atoms with Crippen molar-refractivity contribution >= 4 is 5.91 Å². The van der Waals surface area contributed by atoms with E-state index in [1.807, 2.05) is 36.9 Å². The summed E-state index contributed by atoms with van der Waals surface area (Å²) in [4.78, 5) is 14.5. The van der Waals surface area contributed by atoms with E-state index in [1.54, 1.807) is 0 Å². The van der Waals surface area contributed by atoms with Crippen LogP contribution in [0.2, 0.25) is 0 Å². The van der Waals surface area contributed by atoms with Crippen LogP contribution in [-0.2, 0) is 16.1 Å². The van der Waals surface area contributed by atoms with Crippen LogP contribution in [0.1, 0.15) is 32.3 Å². The summed E-state index contributed by atoms with van der Waals surface area (Å²) in [6.07, 6.45) is 1.51. The third-order valence-electron chi connectivity index (χ3n) is 4.07. The van der Waals surface area contributed by atoms with Crippen molar-refractivity contribution in [2.45, 2.75) is 45.4 Å². The number of hydrogen-bond donors (Lipinski definition) is 0. The molecule has 0 radical (unpaired) electrons. The van der Waals surface area contributed by atoms with Crippen molar-refractivity contribution in [3.05, 3.63) is 23.8 Å². The second kappa shape index (κ2) is 6.57. The van der Waals surface area contributed by atoms with Gasteiger partial charge in [0.1, 0.15) is 19.3 Å². The molecule has 1 atom stereocenters. The number of carbonyl (C=O) groups excluding carboxylic acids is 1. The van der Waals surface area contributed by atoms with E-state index in [2.05, 4.69) is 0 Å². The summed E-state index contributed by atoms with van der Waals surface area (Å²) in [5.41, 5.74) is 1.05. The minimum atomic E-state index is -0.278. The number of amides is 1. The molecule has 0 saturated carbocycles. The fourth-order valence-corrected chi connectivity index (χ4v) is 2.86. The molecule has 2 aliphatic heterocycles. The fourth-order valence-electron chi connectivity index (χ4n) is 2.86. The van der Waals surface area contributed by atoms with Gasteiger partial charge in [-0.15, -0.1) is 0 Å². The van der Waals surface area contributed by atoms with Crippen LogP contribution in [-0.4, -0.2) is 42.8 Å². The van der Waals surface area contributed by atoms with Gasteiger partial charge in [-0.2, -0.15) is 0 Å². The largest absolute Gasteiger partial charge is 0.486 e. The van der Waals surface area contributed by atoms with E-state index < -0.39 is 0 Å². The Balaban J connectivity index is 1.74. The summed E-state index contributed by atoms with van der Waals surface area (Å²) in [5.74, 6) is 1.62. The van der Waals surface area contributed by atoms with Crippen molar-refractivity contribution < 1.29 is 19.0 Å². The number of nitrogens with zero attached hydrogens (tertiary/aromatic N) is 1. The number of benzene rings is 1. The van der Waals surface area contributed by atoms with Crippen LogP contribution in [0.15, 0.2) is 18.2 Å². The van der Waals surface area contributed by atoms with E-state index in [4.69, 9.17) is 14.2 Å². The maximum atomic E-state index is 12.6. The first-order valence-corrected chi connectivity index (χ1v) is 7.96. The molecule has 2 heterocycles. The predicted octanol–water partition coefficient (Wildman–Crippen LogP) is 2.37. The zero-order valence-corrected chi connectivity index (χ0v) is 13.2. The molecule has 1 amide bonds. The molecule has 120 valence electrons. The van der Waals surface area contributed by atoms with Gasteiger partial charge in [-0.1, -0.05) is 6.07 Å². The molecule has 0 unspecified atom stereocenters. The lowest BCUT2D eigenvalue weighted by Crippen LogP contribution is -2.42. The Kier molecular flexibility index (Phi) is 4.52. The van der Waals surface area contributed by atoms with Gasteiger partial charge in [0.25, 0.3) is 5.91 Å². The van der Waals surface area contributed by atoms with Crippen molar-refractivity contribution in [2.75, 3.05) is 19.8 Å². The minimum Gasteiger partial charge on any atom is -0.486 e. The average molecular weight is 305 g/mol. The minimum absolute atomic E-state index is 0.0855. The Bertz CT molecular complexity index is 537. The molecule has 1 fully saturated rings. The number of carbonyl (C=O) groups is 1. The molecule has 0 aromatic heterocycles. The SMILES string of the molecule is CC(C)N(Cc1ccc2c(c1)OCCO2)C(=O)[C@H]1CCCO1. The van der Waals surface area contributed by atoms with Crippen LogP contribution in [0, 0.1) is 0 Å². The predicted molar refractivity (Wildman–Crippen MR) is 82.1 cm³/mol. The Morgan fingerprint density at radius 2 is 2.00 bits per heavy atom. The number of ether oxygens (including phenoxy) is 3. The standard InChI is InChI=1S/C17H23NO4/c1-12(2)18(17(19)15-4-3-7-20-15)11-13-5-6-14-16(10-13)22-9-8-21-14/h5-6,10,12,15H,3-4,7-9,11H2,1-2H3/t15-/m1/s1. The molecule has 2 aliphatic rings. The lowest BCUT2D eigenvalue weighted by molar-refractivity contribution is -0.143. The van der Waals surface area contributed by atoms with E-state index in [0.717, 1.165) is 29.9 Å². The monoisotopic (exact) mass is 305 g/mol. The van der Waals surface area contributed by atoms with Gasteiger partial charge >= 0.3 is 0 Å². The van der Waals surface area contributed by atoms with Crippen molar-refractivity contribution in [3.8, 4) is 11.5 Å². The van der Waals surface area contributed by atoms with Gasteiger partial charge in [0.2, 0.25) is 0 Å². The summed E-state index contributed by atoms with van der Waals surface area (Å²) in [5, 5.41) is 0. The Labute approximate surface area is 131 Å². The van der Waals surface area contributed by atoms with Crippen molar-refractivity contribution in [2.24, 2.45) is 0 Å². The van der Waals surface area contributed by atoms with E-state index in [-0.39, 0.29) is 18.1 Å². The van der Waals surface area contributed by atoms with E-state index in [1.165, 1.54) is 0 Å². The van der Waals surface area contributed by atoms with Crippen molar-refractivity contribution in [1.29, 1.82) is 0 Å². The molecule has 5 nitrogen and oxygen atoms in total. The third-order valence-corrected chi connectivity index (χ3v) is 4.07. The second-order valence-corrected chi connectivity index (χ2v) is 6.04. The van der Waals surface area contributed by atoms with Crippen molar-refractivity contribution in [1.82, 2.24) is 4.90 Å². The van der Waals surface area contributed by atoms with Gasteiger partial charge < -0.3 is 19.1 Å². The Morgan fingerprint density at radius 3 is 2.68 bits per heavy atom. The highest BCUT2D eigenvalue weighted by Gasteiger charge is 2.29. The molecule has 0 aliphatic carbocycles.